The standard InChI is InChI=1S/C15H18ClNO3S/c1-2-21(20)10-8-17-15(19)13-7-6-12(14(16)11-13)5-3-4-9-18/h6-7,11,18H,2,4,8-10H2,1H3,(H,17,19). The molecule has 1 aromatic rings. The third kappa shape index (κ3) is 6.30. The Morgan fingerprint density at radius 1 is 1.48 bits per heavy atom. The van der Waals surface area contributed by atoms with Crippen LogP contribution in [0.2, 0.25) is 5.02 Å². The van der Waals surface area contributed by atoms with E-state index in [1.807, 2.05) is 6.92 Å². The van der Waals surface area contributed by atoms with Gasteiger partial charge in [-0.25, -0.2) is 0 Å². The predicted molar refractivity (Wildman–Crippen MR) is 85.9 cm³/mol. The van der Waals surface area contributed by atoms with Crippen molar-refractivity contribution >= 4 is 28.3 Å². The first kappa shape index (κ1) is 17.7. The Hall–Kier alpha value is -1.35. The number of rotatable bonds is 6. The normalized spacial score (nSPS) is 11.4. The number of carbonyl (C=O) groups excluding carboxylic acids is 1. The Bertz CT molecular complexity index is 578. The molecule has 1 atom stereocenters. The molecule has 2 N–H and O–H groups in total. The molecule has 21 heavy (non-hydrogen) atoms. The van der Waals surface area contributed by atoms with E-state index in [0.29, 0.717) is 40.6 Å². The van der Waals surface area contributed by atoms with Crippen molar-refractivity contribution in [2.24, 2.45) is 0 Å². The smallest absolute Gasteiger partial charge is 0.251 e. The molecule has 0 bridgehead atoms. The van der Waals surface area contributed by atoms with Gasteiger partial charge in [0.25, 0.3) is 5.91 Å². The van der Waals surface area contributed by atoms with Gasteiger partial charge in [0, 0.05) is 46.4 Å². The van der Waals surface area contributed by atoms with Gasteiger partial charge < -0.3 is 10.4 Å². The lowest BCUT2D eigenvalue weighted by Gasteiger charge is -2.06. The molecule has 0 heterocycles. The molecule has 0 fully saturated rings. The molecule has 1 rings (SSSR count). The third-order valence-corrected chi connectivity index (χ3v) is 4.24. The van der Waals surface area contributed by atoms with E-state index in [-0.39, 0.29) is 12.5 Å². The molecule has 4 nitrogen and oxygen atoms in total. The SMILES string of the molecule is CCS(=O)CCNC(=O)c1ccc(C#CCCO)c(Cl)c1. The van der Waals surface area contributed by atoms with Crippen LogP contribution in [-0.4, -0.2) is 39.9 Å². The number of carbonyl (C=O) groups is 1. The van der Waals surface area contributed by atoms with Gasteiger partial charge in [0.15, 0.2) is 0 Å². The number of hydrogen-bond acceptors (Lipinski definition) is 3. The fourth-order valence-corrected chi connectivity index (χ4v) is 2.34. The highest BCUT2D eigenvalue weighted by molar-refractivity contribution is 7.84. The number of halogens is 1. The first-order valence-electron chi connectivity index (χ1n) is 6.61. The van der Waals surface area contributed by atoms with Crippen molar-refractivity contribution in [1.29, 1.82) is 0 Å². The second-order valence-electron chi connectivity index (χ2n) is 4.16. The topological polar surface area (TPSA) is 66.4 Å². The summed E-state index contributed by atoms with van der Waals surface area (Å²) in [6.45, 7) is 2.22. The van der Waals surface area contributed by atoms with Gasteiger partial charge in [-0.15, -0.1) is 0 Å². The van der Waals surface area contributed by atoms with E-state index in [1.165, 1.54) is 0 Å². The summed E-state index contributed by atoms with van der Waals surface area (Å²) in [4.78, 5) is 11.9. The molecule has 0 radical (unpaired) electrons. The maximum absolute atomic E-state index is 11.9. The number of aliphatic hydroxyl groups is 1. The Morgan fingerprint density at radius 3 is 2.86 bits per heavy atom. The fourth-order valence-electron chi connectivity index (χ4n) is 1.50. The van der Waals surface area contributed by atoms with Crippen LogP contribution in [0.3, 0.4) is 0 Å². The number of aliphatic hydroxyl groups excluding tert-OH is 1. The number of nitrogens with one attached hydrogen (secondary N) is 1. The first-order chi connectivity index (χ1) is 10.1. The minimum Gasteiger partial charge on any atom is -0.395 e. The zero-order valence-electron chi connectivity index (χ0n) is 11.8. The van der Waals surface area contributed by atoms with Gasteiger partial charge >= 0.3 is 0 Å². The number of amides is 1. The second-order valence-corrected chi connectivity index (χ2v) is 6.43. The monoisotopic (exact) mass is 327 g/mol. The van der Waals surface area contributed by atoms with Crippen LogP contribution >= 0.6 is 11.6 Å². The Kier molecular flexibility index (Phi) is 8.06. The van der Waals surface area contributed by atoms with Gasteiger partial charge in [0.2, 0.25) is 0 Å². The van der Waals surface area contributed by atoms with Gasteiger partial charge in [0.05, 0.1) is 11.6 Å². The Labute approximate surface area is 132 Å². The summed E-state index contributed by atoms with van der Waals surface area (Å²) in [5, 5.41) is 11.8. The van der Waals surface area contributed by atoms with E-state index in [2.05, 4.69) is 17.2 Å². The van der Waals surface area contributed by atoms with Crippen LogP contribution in [0.1, 0.15) is 29.3 Å². The van der Waals surface area contributed by atoms with E-state index in [1.54, 1.807) is 18.2 Å². The molecule has 0 aliphatic heterocycles. The summed E-state index contributed by atoms with van der Waals surface area (Å²) in [5.74, 6) is 6.39. The molecule has 0 aliphatic carbocycles. The molecule has 114 valence electrons. The molecule has 1 amide bonds. The highest BCUT2D eigenvalue weighted by Crippen LogP contribution is 2.17. The summed E-state index contributed by atoms with van der Waals surface area (Å²) in [7, 11) is -0.892. The van der Waals surface area contributed by atoms with Crippen molar-refractivity contribution < 1.29 is 14.1 Å². The van der Waals surface area contributed by atoms with Gasteiger partial charge in [-0.1, -0.05) is 30.4 Å². The van der Waals surface area contributed by atoms with Gasteiger partial charge in [-0.05, 0) is 18.2 Å². The molecule has 0 aliphatic rings. The molecule has 0 spiro atoms. The number of hydrogen-bond donors (Lipinski definition) is 2. The first-order valence-corrected chi connectivity index (χ1v) is 8.47. The van der Waals surface area contributed by atoms with Crippen molar-refractivity contribution in [3.8, 4) is 11.8 Å². The van der Waals surface area contributed by atoms with E-state index in [4.69, 9.17) is 16.7 Å². The minimum absolute atomic E-state index is 0.00421. The highest BCUT2D eigenvalue weighted by Gasteiger charge is 2.08. The van der Waals surface area contributed by atoms with Crippen LogP contribution < -0.4 is 5.32 Å². The van der Waals surface area contributed by atoms with Gasteiger partial charge in [0.1, 0.15) is 0 Å². The lowest BCUT2D eigenvalue weighted by atomic mass is 10.1. The Balaban J connectivity index is 2.64. The maximum Gasteiger partial charge on any atom is 0.251 e. The summed E-state index contributed by atoms with van der Waals surface area (Å²) in [6.07, 6.45) is 0.382. The third-order valence-electron chi connectivity index (χ3n) is 2.63. The molecule has 1 aromatic carbocycles. The van der Waals surface area contributed by atoms with Crippen molar-refractivity contribution in [2.75, 3.05) is 24.7 Å². The van der Waals surface area contributed by atoms with Crippen LogP contribution in [-0.2, 0) is 10.8 Å². The molecule has 0 saturated heterocycles. The van der Waals surface area contributed by atoms with Crippen molar-refractivity contribution in [1.82, 2.24) is 5.32 Å². The van der Waals surface area contributed by atoms with Crippen molar-refractivity contribution in [2.45, 2.75) is 13.3 Å². The number of benzene rings is 1. The average Bonchev–Trinajstić information content (AvgIpc) is 2.48. The molecule has 0 aromatic heterocycles. The zero-order chi connectivity index (χ0) is 15.7. The average molecular weight is 328 g/mol. The van der Waals surface area contributed by atoms with E-state index in [0.717, 1.165) is 0 Å². The van der Waals surface area contributed by atoms with E-state index >= 15 is 0 Å². The summed E-state index contributed by atoms with van der Waals surface area (Å²) < 4.78 is 11.3. The molecule has 0 saturated carbocycles. The van der Waals surface area contributed by atoms with Gasteiger partial charge in [-0.2, -0.15) is 0 Å². The summed E-state index contributed by atoms with van der Waals surface area (Å²) in [6, 6.07) is 4.86. The van der Waals surface area contributed by atoms with E-state index < -0.39 is 10.8 Å². The van der Waals surface area contributed by atoms with Crippen LogP contribution in [0, 0.1) is 11.8 Å². The quantitative estimate of drug-likeness (QED) is 0.779. The van der Waals surface area contributed by atoms with Crippen LogP contribution in [0.5, 0.6) is 0 Å². The molecule has 1 unspecified atom stereocenters. The van der Waals surface area contributed by atoms with Crippen LogP contribution in [0.4, 0.5) is 0 Å². The minimum atomic E-state index is -0.892. The molecular formula is C15H18ClNO3S. The van der Waals surface area contributed by atoms with Crippen molar-refractivity contribution in [3.63, 3.8) is 0 Å². The lowest BCUT2D eigenvalue weighted by Crippen LogP contribution is -2.28. The lowest BCUT2D eigenvalue weighted by molar-refractivity contribution is 0.0956. The fraction of sp³-hybridized carbons (Fsp3) is 0.400. The highest BCUT2D eigenvalue weighted by atomic mass is 35.5. The predicted octanol–water partition coefficient (Wildman–Crippen LogP) is 1.57. The van der Waals surface area contributed by atoms with E-state index in [9.17, 15) is 9.00 Å². The van der Waals surface area contributed by atoms with Crippen LogP contribution in [0.15, 0.2) is 18.2 Å². The van der Waals surface area contributed by atoms with Crippen LogP contribution in [0.25, 0.3) is 0 Å². The maximum atomic E-state index is 11.9. The summed E-state index contributed by atoms with van der Waals surface area (Å²) in [5.41, 5.74) is 1.06. The Morgan fingerprint density at radius 2 is 2.24 bits per heavy atom. The largest absolute Gasteiger partial charge is 0.395 e. The summed E-state index contributed by atoms with van der Waals surface area (Å²) >= 11 is 6.07. The molecular weight excluding hydrogens is 310 g/mol. The molecule has 6 heteroatoms. The van der Waals surface area contributed by atoms with Crippen molar-refractivity contribution in [3.05, 3.63) is 34.3 Å². The second kappa shape index (κ2) is 9.56. The zero-order valence-corrected chi connectivity index (χ0v) is 13.4. The van der Waals surface area contributed by atoms with Gasteiger partial charge in [-0.3, -0.25) is 9.00 Å².